The number of aliphatic hydroxyl groups is 2. The highest BCUT2D eigenvalue weighted by Gasteiger charge is 2.59. The highest BCUT2D eigenvalue weighted by atomic mass is 35.5. The van der Waals surface area contributed by atoms with Gasteiger partial charge < -0.3 is 22.6 Å². The van der Waals surface area contributed by atoms with E-state index in [4.69, 9.17) is 0 Å². The summed E-state index contributed by atoms with van der Waals surface area (Å²) in [5, 5.41) is 19.4. The van der Waals surface area contributed by atoms with Crippen LogP contribution in [0, 0.1) is 34.5 Å². The number of aliphatic hydroxyl groups excluding tert-OH is 2. The highest BCUT2D eigenvalue weighted by Crippen LogP contribution is 2.66. The summed E-state index contributed by atoms with van der Waals surface area (Å²) in [7, 11) is 0. The molecule has 0 spiro atoms. The van der Waals surface area contributed by atoms with Gasteiger partial charge in [0, 0.05) is 17.4 Å². The van der Waals surface area contributed by atoms with Crippen molar-refractivity contribution in [2.24, 2.45) is 34.5 Å². The van der Waals surface area contributed by atoms with Crippen LogP contribution in [0.1, 0.15) is 52.4 Å². The first-order valence-electron chi connectivity index (χ1n) is 12.3. The first kappa shape index (κ1) is 27.1. The van der Waals surface area contributed by atoms with Crippen LogP contribution in [-0.4, -0.2) is 39.3 Å². The molecule has 0 bridgehead atoms. The maximum atomic E-state index is 12.3. The first-order valence-corrected chi connectivity index (χ1v) is 12.3. The average Bonchev–Trinajstić information content (AvgIpc) is 3.46. The van der Waals surface area contributed by atoms with E-state index in [1.807, 2.05) is 10.8 Å². The lowest BCUT2D eigenvalue weighted by atomic mass is 9.47. The van der Waals surface area contributed by atoms with Crippen LogP contribution < -0.4 is 17.0 Å². The number of nitrogens with zero attached hydrogens (tertiary/aromatic N) is 1. The van der Waals surface area contributed by atoms with Crippen molar-refractivity contribution in [1.29, 1.82) is 0 Å². The van der Waals surface area contributed by atoms with Crippen molar-refractivity contribution < 1.29 is 41.6 Å². The van der Waals surface area contributed by atoms with Crippen LogP contribution in [0.4, 0.5) is 0 Å². The Kier molecular flexibility index (Phi) is 8.25. The van der Waals surface area contributed by atoms with E-state index in [9.17, 15) is 24.6 Å². The molecule has 0 saturated heterocycles. The predicted octanol–water partition coefficient (Wildman–Crippen LogP) is 0.0516. The number of ketones is 2. The van der Waals surface area contributed by atoms with Crippen LogP contribution in [0.3, 0.4) is 0 Å². The molecule has 4 aliphatic rings. The first-order chi connectivity index (χ1) is 16.2. The van der Waals surface area contributed by atoms with Gasteiger partial charge in [-0.25, -0.2) is 9.36 Å². The Labute approximate surface area is 212 Å². The van der Waals surface area contributed by atoms with E-state index in [0.717, 1.165) is 38.5 Å². The van der Waals surface area contributed by atoms with Gasteiger partial charge in [0.05, 0.1) is 0 Å². The molecule has 3 saturated carbocycles. The maximum absolute atomic E-state index is 12.3. The molecule has 0 amide bonds. The fraction of sp³-hybridized carbons (Fsp3) is 0.593. The quantitative estimate of drug-likeness (QED) is 0.398. The summed E-state index contributed by atoms with van der Waals surface area (Å²) in [5.74, 6) is 2.76. The average molecular weight is 503 g/mol. The zero-order valence-electron chi connectivity index (χ0n) is 20.4. The van der Waals surface area contributed by atoms with Crippen molar-refractivity contribution >= 4 is 17.5 Å². The molecular formula is C27H35ClN2O5. The van der Waals surface area contributed by atoms with Gasteiger partial charge in [0.2, 0.25) is 12.1 Å². The minimum Gasteiger partial charge on any atom is -1.00 e. The number of hydrogen-bond donors (Lipinski definition) is 3. The summed E-state index contributed by atoms with van der Waals surface area (Å²) in [6, 6.07) is 0. The summed E-state index contributed by atoms with van der Waals surface area (Å²) >= 11 is 0. The molecule has 8 heteroatoms. The molecule has 3 N–H and O–H groups in total. The summed E-state index contributed by atoms with van der Waals surface area (Å²) in [4.78, 5) is 36.7. The SMILES string of the molecule is C[C@]12C=C(O)C(=O)C=C1CCC1C2CC[C@@]2(C)C1CC[C@@H]2C(=O)CO.O=C=CC[n+]1cc[nH]c1.[Cl-]. The standard InChI is InChI=1S/C21H28O4.C6H6N2O.ClH/c1-20-8-7-15-13(14(20)5-6-16(20)19(25)11-22)4-3-12-9-17(23)18(24)10-21(12,15)2;9-5-1-3-8-4-2-7-6-8;/h9-10,13-16,22,24H,3-8,11H2,1-2H3;1-2,4,6H,3H2;1H/t13?,14?,15?,16-,20+,21+;;/m1../s1. The third kappa shape index (κ3) is 4.82. The Bertz CT molecular complexity index is 1060. The van der Waals surface area contributed by atoms with Crippen LogP contribution in [0.25, 0.3) is 0 Å². The number of Topliss-reactive ketones (excluding diaryl/α,β-unsaturated/α-hetero) is 1. The molecule has 1 aromatic heterocycles. The summed E-state index contributed by atoms with van der Waals surface area (Å²) in [6.45, 7) is 4.67. The number of aromatic amines is 1. The van der Waals surface area contributed by atoms with Crippen molar-refractivity contribution in [3.8, 4) is 0 Å². The van der Waals surface area contributed by atoms with E-state index in [0.29, 0.717) is 24.3 Å². The third-order valence-corrected chi connectivity index (χ3v) is 9.17. The van der Waals surface area contributed by atoms with Crippen molar-refractivity contribution in [3.63, 3.8) is 0 Å². The number of allylic oxidation sites excluding steroid dienone is 4. The van der Waals surface area contributed by atoms with E-state index < -0.39 is 0 Å². The maximum Gasteiger partial charge on any atom is 0.241 e. The van der Waals surface area contributed by atoms with Gasteiger partial charge in [-0.05, 0) is 73.8 Å². The number of imidazole rings is 1. The molecule has 190 valence electrons. The van der Waals surface area contributed by atoms with Gasteiger partial charge >= 0.3 is 0 Å². The number of carbonyl (C=O) groups is 2. The number of aromatic nitrogens is 2. The molecule has 1 aromatic rings. The van der Waals surface area contributed by atoms with Crippen LogP contribution in [0.2, 0.25) is 0 Å². The molecule has 6 atom stereocenters. The number of nitrogens with one attached hydrogen (secondary N) is 1. The molecule has 3 unspecified atom stereocenters. The van der Waals surface area contributed by atoms with E-state index in [1.165, 1.54) is 11.6 Å². The Morgan fingerprint density at radius 2 is 2.03 bits per heavy atom. The molecule has 1 heterocycles. The molecular weight excluding hydrogens is 468 g/mol. The summed E-state index contributed by atoms with van der Waals surface area (Å²) < 4.78 is 1.84. The molecule has 7 nitrogen and oxygen atoms in total. The molecule has 0 aromatic carbocycles. The van der Waals surface area contributed by atoms with Gasteiger partial charge in [-0.15, -0.1) is 0 Å². The Morgan fingerprint density at radius 3 is 2.69 bits per heavy atom. The van der Waals surface area contributed by atoms with Crippen molar-refractivity contribution in [2.75, 3.05) is 6.61 Å². The smallest absolute Gasteiger partial charge is 0.241 e. The molecule has 3 fully saturated rings. The number of carbonyl (C=O) groups excluding carboxylic acids is 3. The van der Waals surface area contributed by atoms with Crippen LogP contribution in [-0.2, 0) is 20.9 Å². The zero-order chi connectivity index (χ0) is 24.5. The Hall–Kier alpha value is -2.47. The van der Waals surface area contributed by atoms with Crippen molar-refractivity contribution in [3.05, 3.63) is 48.3 Å². The second-order valence-electron chi connectivity index (χ2n) is 10.7. The normalized spacial score (nSPS) is 34.9. The highest BCUT2D eigenvalue weighted by molar-refractivity contribution is 6.04. The zero-order valence-corrected chi connectivity index (χ0v) is 21.1. The van der Waals surface area contributed by atoms with E-state index in [-0.39, 0.29) is 53.1 Å². The lowest BCUT2D eigenvalue weighted by molar-refractivity contribution is -0.685. The van der Waals surface area contributed by atoms with Crippen molar-refractivity contribution in [1.82, 2.24) is 4.98 Å². The molecule has 0 aliphatic heterocycles. The monoisotopic (exact) mass is 502 g/mol. The molecule has 5 rings (SSSR count). The number of hydrogen-bond acceptors (Lipinski definition) is 5. The number of halogens is 1. The van der Waals surface area contributed by atoms with Crippen LogP contribution in [0.5, 0.6) is 0 Å². The second kappa shape index (κ2) is 10.7. The number of rotatable bonds is 4. The third-order valence-electron chi connectivity index (χ3n) is 9.17. The van der Waals surface area contributed by atoms with E-state index >= 15 is 0 Å². The second-order valence-corrected chi connectivity index (χ2v) is 10.7. The van der Waals surface area contributed by atoms with Gasteiger partial charge in [0.1, 0.15) is 31.5 Å². The van der Waals surface area contributed by atoms with Crippen LogP contribution >= 0.6 is 0 Å². The van der Waals surface area contributed by atoms with E-state index in [1.54, 1.807) is 30.6 Å². The minimum atomic E-state index is -0.343. The molecule has 4 aliphatic carbocycles. The lowest BCUT2D eigenvalue weighted by Gasteiger charge is -2.56. The number of H-pyrrole nitrogens is 1. The van der Waals surface area contributed by atoms with Gasteiger partial charge in [0.15, 0.2) is 11.5 Å². The van der Waals surface area contributed by atoms with E-state index in [2.05, 4.69) is 18.8 Å². The lowest BCUT2D eigenvalue weighted by Crippen LogP contribution is -3.00. The summed E-state index contributed by atoms with van der Waals surface area (Å²) in [5.41, 5.74) is 0.928. The molecule has 35 heavy (non-hydrogen) atoms. The topological polar surface area (TPSA) is 111 Å². The fourth-order valence-electron chi connectivity index (χ4n) is 7.49. The number of fused-ring (bicyclic) bond motifs is 5. The van der Waals surface area contributed by atoms with Gasteiger partial charge in [-0.2, -0.15) is 0 Å². The minimum absolute atomic E-state index is 0. The molecule has 0 radical (unpaired) electrons. The van der Waals surface area contributed by atoms with Gasteiger partial charge in [-0.3, -0.25) is 14.6 Å². The Balaban J connectivity index is 0.000000291. The van der Waals surface area contributed by atoms with Crippen molar-refractivity contribution in [2.45, 2.75) is 58.9 Å². The predicted molar refractivity (Wildman–Crippen MR) is 125 cm³/mol. The summed E-state index contributed by atoms with van der Waals surface area (Å²) in [6.07, 6.45) is 16.2. The fourth-order valence-corrected chi connectivity index (χ4v) is 7.49. The van der Waals surface area contributed by atoms with Gasteiger partial charge in [-0.1, -0.05) is 19.4 Å². The van der Waals surface area contributed by atoms with Gasteiger partial charge in [0.25, 0.3) is 0 Å². The Morgan fingerprint density at radius 1 is 1.26 bits per heavy atom. The largest absolute Gasteiger partial charge is 1.00 e. The van der Waals surface area contributed by atoms with Crippen LogP contribution in [0.15, 0.2) is 48.3 Å².